The fourth-order valence-corrected chi connectivity index (χ4v) is 2.42. The molecule has 1 aliphatic rings. The second kappa shape index (κ2) is 4.11. The van der Waals surface area contributed by atoms with E-state index in [0.29, 0.717) is 11.6 Å². The van der Waals surface area contributed by atoms with E-state index in [1.54, 1.807) is 30.4 Å². The quantitative estimate of drug-likeness (QED) is 0.892. The van der Waals surface area contributed by atoms with E-state index < -0.39 is 0 Å². The first-order valence-corrected chi connectivity index (χ1v) is 6.59. The number of halogens is 1. The van der Waals surface area contributed by atoms with Gasteiger partial charge in [0.05, 0.1) is 5.69 Å². The number of nitrogens with zero attached hydrogens (tertiary/aromatic N) is 1. The molecule has 1 aromatic carbocycles. The second-order valence-corrected chi connectivity index (χ2v) is 5.28. The van der Waals surface area contributed by atoms with E-state index in [-0.39, 0.29) is 5.82 Å². The van der Waals surface area contributed by atoms with E-state index in [1.807, 2.05) is 11.4 Å². The zero-order valence-corrected chi connectivity index (χ0v) is 10.4. The van der Waals surface area contributed by atoms with Gasteiger partial charge in [0.1, 0.15) is 5.82 Å². The Morgan fingerprint density at radius 3 is 2.94 bits per heavy atom. The fraction of sp³-hybridized carbons (Fsp3) is 0.308. The molecule has 2 aromatic rings. The summed E-state index contributed by atoms with van der Waals surface area (Å²) in [6.45, 7) is 1.76. The first-order chi connectivity index (χ1) is 8.22. The predicted molar refractivity (Wildman–Crippen MR) is 68.9 cm³/mol. The van der Waals surface area contributed by atoms with Crippen LogP contribution >= 0.6 is 11.3 Å². The highest BCUT2D eigenvalue weighted by atomic mass is 32.1. The van der Waals surface area contributed by atoms with E-state index in [0.717, 1.165) is 16.4 Å². The number of rotatable bonds is 3. The molecule has 1 heterocycles. The van der Waals surface area contributed by atoms with Gasteiger partial charge in [0, 0.05) is 17.0 Å². The van der Waals surface area contributed by atoms with Gasteiger partial charge < -0.3 is 5.32 Å². The van der Waals surface area contributed by atoms with E-state index in [9.17, 15) is 4.39 Å². The Balaban J connectivity index is 1.86. The molecule has 4 heteroatoms. The minimum absolute atomic E-state index is 0.174. The van der Waals surface area contributed by atoms with Gasteiger partial charge in [0.2, 0.25) is 0 Å². The van der Waals surface area contributed by atoms with Crippen molar-refractivity contribution in [3.63, 3.8) is 0 Å². The van der Waals surface area contributed by atoms with Crippen LogP contribution in [0.1, 0.15) is 18.4 Å². The highest BCUT2D eigenvalue weighted by Gasteiger charge is 2.22. The Kier molecular flexibility index (Phi) is 2.59. The molecule has 2 nitrogen and oxygen atoms in total. The molecule has 1 N–H and O–H groups in total. The minimum Gasteiger partial charge on any atom is -0.359 e. The van der Waals surface area contributed by atoms with Crippen molar-refractivity contribution in [1.82, 2.24) is 4.98 Å². The molecule has 0 radical (unpaired) electrons. The molecular weight excluding hydrogens is 235 g/mol. The Hall–Kier alpha value is -1.42. The topological polar surface area (TPSA) is 24.9 Å². The first kappa shape index (κ1) is 10.7. The number of aryl methyl sites for hydroxylation is 1. The maximum atomic E-state index is 13.5. The summed E-state index contributed by atoms with van der Waals surface area (Å²) in [5, 5.41) is 6.25. The van der Waals surface area contributed by atoms with Crippen molar-refractivity contribution in [1.29, 1.82) is 0 Å². The maximum absolute atomic E-state index is 13.5. The van der Waals surface area contributed by atoms with Crippen molar-refractivity contribution in [2.75, 3.05) is 5.32 Å². The standard InChI is InChI=1S/C13H13FN2S/c1-8-2-3-9(6-11(8)14)12-7-17-13(16-12)15-10-4-5-10/h2-3,6-7,10H,4-5H2,1H3,(H,15,16). The molecule has 0 unspecified atom stereocenters. The Bertz CT molecular complexity index is 546. The molecule has 0 spiro atoms. The molecule has 0 bridgehead atoms. The molecule has 88 valence electrons. The van der Waals surface area contributed by atoms with Crippen LogP contribution in [0, 0.1) is 12.7 Å². The van der Waals surface area contributed by atoms with Gasteiger partial charge >= 0.3 is 0 Å². The van der Waals surface area contributed by atoms with Crippen LogP contribution in [0.25, 0.3) is 11.3 Å². The van der Waals surface area contributed by atoms with Crippen molar-refractivity contribution in [2.45, 2.75) is 25.8 Å². The van der Waals surface area contributed by atoms with Crippen molar-refractivity contribution in [2.24, 2.45) is 0 Å². The summed E-state index contributed by atoms with van der Waals surface area (Å²) in [5.41, 5.74) is 2.35. The van der Waals surface area contributed by atoms with Gasteiger partial charge in [0.15, 0.2) is 5.13 Å². The summed E-state index contributed by atoms with van der Waals surface area (Å²) in [7, 11) is 0. The van der Waals surface area contributed by atoms with Crippen LogP contribution in [-0.4, -0.2) is 11.0 Å². The lowest BCUT2D eigenvalue weighted by Gasteiger charge is -2.00. The molecule has 1 saturated carbocycles. The van der Waals surface area contributed by atoms with Crippen LogP contribution in [0.3, 0.4) is 0 Å². The zero-order valence-electron chi connectivity index (χ0n) is 9.53. The van der Waals surface area contributed by atoms with Gasteiger partial charge in [-0.15, -0.1) is 11.3 Å². The summed E-state index contributed by atoms with van der Waals surface area (Å²) >= 11 is 1.58. The summed E-state index contributed by atoms with van der Waals surface area (Å²) in [6, 6.07) is 5.85. The average Bonchev–Trinajstić information content (AvgIpc) is 2.99. The number of thiazole rings is 1. The highest BCUT2D eigenvalue weighted by molar-refractivity contribution is 7.14. The molecule has 17 heavy (non-hydrogen) atoms. The Morgan fingerprint density at radius 2 is 2.24 bits per heavy atom. The lowest BCUT2D eigenvalue weighted by molar-refractivity contribution is 0.619. The lowest BCUT2D eigenvalue weighted by Crippen LogP contribution is -1.99. The monoisotopic (exact) mass is 248 g/mol. The lowest BCUT2D eigenvalue weighted by atomic mass is 10.1. The van der Waals surface area contributed by atoms with Gasteiger partial charge in [-0.3, -0.25) is 0 Å². The minimum atomic E-state index is -0.174. The summed E-state index contributed by atoms with van der Waals surface area (Å²) < 4.78 is 13.5. The van der Waals surface area contributed by atoms with E-state index in [2.05, 4.69) is 10.3 Å². The zero-order chi connectivity index (χ0) is 11.8. The van der Waals surface area contributed by atoms with Gasteiger partial charge in [0.25, 0.3) is 0 Å². The third-order valence-electron chi connectivity index (χ3n) is 2.88. The molecule has 0 atom stereocenters. The molecule has 1 aromatic heterocycles. The first-order valence-electron chi connectivity index (χ1n) is 5.71. The van der Waals surface area contributed by atoms with Gasteiger partial charge in [-0.1, -0.05) is 12.1 Å². The average molecular weight is 248 g/mol. The number of aromatic nitrogens is 1. The van der Waals surface area contributed by atoms with Crippen molar-refractivity contribution >= 4 is 16.5 Å². The summed E-state index contributed by atoms with van der Waals surface area (Å²) in [6.07, 6.45) is 2.46. The third kappa shape index (κ3) is 2.31. The molecule has 3 rings (SSSR count). The van der Waals surface area contributed by atoms with Crippen LogP contribution in [0.15, 0.2) is 23.6 Å². The number of hydrogen-bond acceptors (Lipinski definition) is 3. The third-order valence-corrected chi connectivity index (χ3v) is 3.65. The van der Waals surface area contributed by atoms with Gasteiger partial charge in [-0.05, 0) is 31.4 Å². The van der Waals surface area contributed by atoms with Crippen LogP contribution in [0.5, 0.6) is 0 Å². The van der Waals surface area contributed by atoms with E-state index in [4.69, 9.17) is 0 Å². The van der Waals surface area contributed by atoms with E-state index >= 15 is 0 Å². The van der Waals surface area contributed by atoms with Crippen LogP contribution < -0.4 is 5.32 Å². The summed E-state index contributed by atoms with van der Waals surface area (Å²) in [5.74, 6) is -0.174. The van der Waals surface area contributed by atoms with Crippen LogP contribution in [-0.2, 0) is 0 Å². The Morgan fingerprint density at radius 1 is 1.41 bits per heavy atom. The fourth-order valence-electron chi connectivity index (χ4n) is 1.63. The predicted octanol–water partition coefficient (Wildman–Crippen LogP) is 3.83. The summed E-state index contributed by atoms with van der Waals surface area (Å²) in [4.78, 5) is 4.47. The highest BCUT2D eigenvalue weighted by Crippen LogP contribution is 2.30. The molecule has 0 saturated heterocycles. The SMILES string of the molecule is Cc1ccc(-c2csc(NC3CC3)n2)cc1F. The number of benzene rings is 1. The van der Waals surface area contributed by atoms with Crippen molar-refractivity contribution in [3.05, 3.63) is 35.0 Å². The van der Waals surface area contributed by atoms with Gasteiger partial charge in [-0.2, -0.15) is 0 Å². The maximum Gasteiger partial charge on any atom is 0.183 e. The molecular formula is C13H13FN2S. The van der Waals surface area contributed by atoms with Gasteiger partial charge in [-0.25, -0.2) is 9.37 Å². The molecule has 1 aliphatic carbocycles. The second-order valence-electron chi connectivity index (χ2n) is 4.42. The normalized spacial score (nSPS) is 14.9. The largest absolute Gasteiger partial charge is 0.359 e. The number of anilines is 1. The van der Waals surface area contributed by atoms with Crippen molar-refractivity contribution in [3.8, 4) is 11.3 Å². The van der Waals surface area contributed by atoms with E-state index in [1.165, 1.54) is 12.8 Å². The molecule has 0 aliphatic heterocycles. The van der Waals surface area contributed by atoms with Crippen molar-refractivity contribution < 1.29 is 4.39 Å². The number of hydrogen-bond donors (Lipinski definition) is 1. The van der Waals surface area contributed by atoms with Crippen LogP contribution in [0.2, 0.25) is 0 Å². The molecule has 0 amide bonds. The smallest absolute Gasteiger partial charge is 0.183 e. The van der Waals surface area contributed by atoms with Crippen LogP contribution in [0.4, 0.5) is 9.52 Å². The number of nitrogens with one attached hydrogen (secondary N) is 1. The Labute approximate surface area is 104 Å². The molecule has 1 fully saturated rings.